The molecule has 1 heterocycles. The number of hydrogen-bond donors (Lipinski definition) is 1. The molecule has 0 aromatic carbocycles. The van der Waals surface area contributed by atoms with Crippen molar-refractivity contribution in [3.8, 4) is 0 Å². The molecule has 0 saturated heterocycles. The first kappa shape index (κ1) is 12.6. The Morgan fingerprint density at radius 1 is 1.29 bits per heavy atom. The highest BCUT2D eigenvalue weighted by molar-refractivity contribution is 6.28. The van der Waals surface area contributed by atoms with Gasteiger partial charge in [-0.2, -0.15) is 0 Å². The number of rotatable bonds is 3. The number of anilines is 1. The second kappa shape index (κ2) is 3.84. The maximum atomic E-state index is 5.80. The van der Waals surface area contributed by atoms with Crippen molar-refractivity contribution in [2.24, 2.45) is 16.7 Å². The Bertz CT molecular complexity index is 426. The molecule has 2 rings (SSSR count). The van der Waals surface area contributed by atoms with E-state index >= 15 is 0 Å². The fraction of sp³-hybridized carbons (Fsp3) is 0.692. The van der Waals surface area contributed by atoms with E-state index in [4.69, 9.17) is 11.6 Å². The third-order valence-electron chi connectivity index (χ3n) is 4.74. The standard InChI is InChI=1S/C13H20ClN3/c1-8-6-16-11(14)17-10(8)15-7-9-12(2,3)13(9,4)5/h6,9H,7H2,1-5H3,(H,15,16,17). The zero-order valence-corrected chi connectivity index (χ0v) is 11.9. The Labute approximate surface area is 108 Å². The van der Waals surface area contributed by atoms with Gasteiger partial charge in [0.25, 0.3) is 0 Å². The van der Waals surface area contributed by atoms with Crippen LogP contribution in [-0.4, -0.2) is 16.5 Å². The van der Waals surface area contributed by atoms with Crippen molar-refractivity contribution in [3.63, 3.8) is 0 Å². The summed E-state index contributed by atoms with van der Waals surface area (Å²) in [4.78, 5) is 8.16. The van der Waals surface area contributed by atoms with Crippen molar-refractivity contribution in [2.75, 3.05) is 11.9 Å². The highest BCUT2D eigenvalue weighted by atomic mass is 35.5. The van der Waals surface area contributed by atoms with Crippen molar-refractivity contribution >= 4 is 17.4 Å². The molecule has 0 atom stereocenters. The van der Waals surface area contributed by atoms with Gasteiger partial charge in [0.05, 0.1) is 0 Å². The average Bonchev–Trinajstić information content (AvgIpc) is 2.60. The summed E-state index contributed by atoms with van der Waals surface area (Å²) in [6.07, 6.45) is 1.75. The highest BCUT2D eigenvalue weighted by Crippen LogP contribution is 2.68. The molecule has 1 N–H and O–H groups in total. The Hall–Kier alpha value is -0.830. The van der Waals surface area contributed by atoms with Crippen molar-refractivity contribution < 1.29 is 0 Å². The van der Waals surface area contributed by atoms with Crippen molar-refractivity contribution in [2.45, 2.75) is 34.6 Å². The number of halogens is 1. The van der Waals surface area contributed by atoms with Crippen LogP contribution in [-0.2, 0) is 0 Å². The van der Waals surface area contributed by atoms with Crippen LogP contribution in [0.2, 0.25) is 5.28 Å². The number of hydrogen-bond acceptors (Lipinski definition) is 3. The molecule has 1 aliphatic rings. The van der Waals surface area contributed by atoms with Crippen LogP contribution in [0.25, 0.3) is 0 Å². The summed E-state index contributed by atoms with van der Waals surface area (Å²) in [5.74, 6) is 1.52. The molecule has 94 valence electrons. The van der Waals surface area contributed by atoms with E-state index in [2.05, 4.69) is 43.0 Å². The lowest BCUT2D eigenvalue weighted by molar-refractivity contribution is 0.457. The Morgan fingerprint density at radius 3 is 2.41 bits per heavy atom. The lowest BCUT2D eigenvalue weighted by atomic mass is 10.0. The second-order valence-electron chi connectivity index (χ2n) is 6.05. The summed E-state index contributed by atoms with van der Waals surface area (Å²) in [6, 6.07) is 0. The number of aromatic nitrogens is 2. The first-order valence-electron chi connectivity index (χ1n) is 6.00. The third kappa shape index (κ3) is 2.01. The minimum absolute atomic E-state index is 0.299. The lowest BCUT2D eigenvalue weighted by Crippen LogP contribution is -2.10. The normalized spacial score (nSPS) is 21.3. The number of nitrogens with one attached hydrogen (secondary N) is 1. The zero-order valence-electron chi connectivity index (χ0n) is 11.1. The minimum Gasteiger partial charge on any atom is -0.369 e. The van der Waals surface area contributed by atoms with Gasteiger partial charge in [-0.1, -0.05) is 27.7 Å². The fourth-order valence-corrected chi connectivity index (χ4v) is 2.78. The minimum atomic E-state index is 0.299. The van der Waals surface area contributed by atoms with Gasteiger partial charge in [-0.3, -0.25) is 0 Å². The van der Waals surface area contributed by atoms with Gasteiger partial charge >= 0.3 is 0 Å². The Morgan fingerprint density at radius 2 is 1.88 bits per heavy atom. The molecule has 0 bridgehead atoms. The Kier molecular flexibility index (Phi) is 2.85. The molecule has 0 spiro atoms. The van der Waals surface area contributed by atoms with E-state index in [1.54, 1.807) is 6.20 Å². The van der Waals surface area contributed by atoms with Gasteiger partial charge in [0.2, 0.25) is 5.28 Å². The number of aryl methyl sites for hydroxylation is 1. The second-order valence-corrected chi connectivity index (χ2v) is 6.39. The van der Waals surface area contributed by atoms with Gasteiger partial charge in [-0.25, -0.2) is 9.97 Å². The maximum absolute atomic E-state index is 5.80. The van der Waals surface area contributed by atoms with Crippen LogP contribution in [0.15, 0.2) is 6.20 Å². The summed E-state index contributed by atoms with van der Waals surface area (Å²) in [5.41, 5.74) is 1.82. The fourth-order valence-electron chi connectivity index (χ4n) is 2.64. The van der Waals surface area contributed by atoms with Gasteiger partial charge < -0.3 is 5.32 Å². The van der Waals surface area contributed by atoms with Crippen LogP contribution in [0, 0.1) is 23.7 Å². The van der Waals surface area contributed by atoms with E-state index in [1.165, 1.54) is 0 Å². The van der Waals surface area contributed by atoms with Crippen LogP contribution in [0.1, 0.15) is 33.3 Å². The average molecular weight is 254 g/mol. The predicted octanol–water partition coefficient (Wildman–Crippen LogP) is 3.53. The lowest BCUT2D eigenvalue weighted by Gasteiger charge is -2.09. The van der Waals surface area contributed by atoms with Gasteiger partial charge in [-0.05, 0) is 35.3 Å². The van der Waals surface area contributed by atoms with E-state index in [0.29, 0.717) is 22.0 Å². The zero-order chi connectivity index (χ0) is 12.8. The van der Waals surface area contributed by atoms with Crippen LogP contribution in [0.4, 0.5) is 5.82 Å². The molecular formula is C13H20ClN3. The van der Waals surface area contributed by atoms with Crippen LogP contribution < -0.4 is 5.32 Å². The SMILES string of the molecule is Cc1cnc(Cl)nc1NCC1C(C)(C)C1(C)C. The van der Waals surface area contributed by atoms with E-state index in [-0.39, 0.29) is 0 Å². The predicted molar refractivity (Wildman–Crippen MR) is 71.3 cm³/mol. The molecule has 17 heavy (non-hydrogen) atoms. The van der Waals surface area contributed by atoms with Gasteiger partial charge in [0, 0.05) is 18.3 Å². The van der Waals surface area contributed by atoms with E-state index in [1.807, 2.05) is 6.92 Å². The van der Waals surface area contributed by atoms with Gasteiger partial charge in [0.15, 0.2) is 0 Å². The van der Waals surface area contributed by atoms with Gasteiger partial charge in [0.1, 0.15) is 5.82 Å². The molecule has 0 amide bonds. The molecule has 3 nitrogen and oxygen atoms in total. The molecule has 4 heteroatoms. The molecule has 1 aromatic rings. The highest BCUT2D eigenvalue weighted by Gasteiger charge is 2.64. The van der Waals surface area contributed by atoms with E-state index < -0.39 is 0 Å². The third-order valence-corrected chi connectivity index (χ3v) is 4.92. The van der Waals surface area contributed by atoms with Gasteiger partial charge in [-0.15, -0.1) is 0 Å². The van der Waals surface area contributed by atoms with Crippen molar-refractivity contribution in [1.82, 2.24) is 9.97 Å². The maximum Gasteiger partial charge on any atom is 0.224 e. The molecule has 0 unspecified atom stereocenters. The molecule has 1 saturated carbocycles. The smallest absolute Gasteiger partial charge is 0.224 e. The summed E-state index contributed by atoms with van der Waals surface area (Å²) < 4.78 is 0. The first-order valence-corrected chi connectivity index (χ1v) is 6.37. The summed E-state index contributed by atoms with van der Waals surface area (Å²) in [6.45, 7) is 12.2. The summed E-state index contributed by atoms with van der Waals surface area (Å²) >= 11 is 5.80. The number of nitrogens with zero attached hydrogens (tertiary/aromatic N) is 2. The Balaban J connectivity index is 2.03. The van der Waals surface area contributed by atoms with E-state index in [0.717, 1.165) is 17.9 Å². The first-order chi connectivity index (χ1) is 7.76. The molecule has 1 aromatic heterocycles. The largest absolute Gasteiger partial charge is 0.369 e. The van der Waals surface area contributed by atoms with Crippen LogP contribution >= 0.6 is 11.6 Å². The topological polar surface area (TPSA) is 37.8 Å². The summed E-state index contributed by atoms with van der Waals surface area (Å²) in [7, 11) is 0. The molecule has 1 fully saturated rings. The molecule has 0 aliphatic heterocycles. The van der Waals surface area contributed by atoms with Crippen molar-refractivity contribution in [3.05, 3.63) is 17.0 Å². The van der Waals surface area contributed by atoms with Crippen LogP contribution in [0.3, 0.4) is 0 Å². The quantitative estimate of drug-likeness (QED) is 0.838. The van der Waals surface area contributed by atoms with Crippen LogP contribution in [0.5, 0.6) is 0 Å². The molecular weight excluding hydrogens is 234 g/mol. The molecule has 0 radical (unpaired) electrons. The van der Waals surface area contributed by atoms with Crippen molar-refractivity contribution in [1.29, 1.82) is 0 Å². The monoisotopic (exact) mass is 253 g/mol. The molecule has 1 aliphatic carbocycles. The van der Waals surface area contributed by atoms with E-state index in [9.17, 15) is 0 Å². The summed E-state index contributed by atoms with van der Waals surface area (Å²) in [5, 5.41) is 3.69.